The van der Waals surface area contributed by atoms with Gasteiger partial charge in [-0.2, -0.15) is 5.10 Å². The molecule has 3 aromatic carbocycles. The number of hydrogen-bond donors (Lipinski definition) is 1. The molecule has 5 aromatic rings. The zero-order chi connectivity index (χ0) is 24.6. The van der Waals surface area contributed by atoms with Crippen LogP contribution in [0.2, 0.25) is 0 Å². The van der Waals surface area contributed by atoms with Crippen LogP contribution in [0.3, 0.4) is 0 Å². The maximum atomic E-state index is 13.5. The Hall–Kier alpha value is -4.66. The fraction of sp³-hybridized carbons (Fsp3) is 0.148. The molecule has 9 heteroatoms. The van der Waals surface area contributed by atoms with Crippen molar-refractivity contribution < 1.29 is 18.7 Å². The summed E-state index contributed by atoms with van der Waals surface area (Å²) < 4.78 is 27.2. The van der Waals surface area contributed by atoms with Crippen LogP contribution in [0.25, 0.3) is 21.8 Å². The minimum atomic E-state index is -0.371. The molecule has 36 heavy (non-hydrogen) atoms. The average molecular weight is 484 g/mol. The molecular formula is C27H21FN4O4. The second-order valence-electron chi connectivity index (χ2n) is 8.56. The van der Waals surface area contributed by atoms with Crippen LogP contribution in [-0.4, -0.2) is 27.0 Å². The van der Waals surface area contributed by atoms with Crippen molar-refractivity contribution >= 4 is 27.7 Å². The maximum Gasteiger partial charge on any atom is 0.291 e. The van der Waals surface area contributed by atoms with Gasteiger partial charge in [0.05, 0.1) is 6.20 Å². The molecule has 180 valence electrons. The first kappa shape index (κ1) is 21.8. The molecule has 1 N–H and O–H groups in total. The van der Waals surface area contributed by atoms with Crippen molar-refractivity contribution in [3.8, 4) is 11.5 Å². The van der Waals surface area contributed by atoms with Crippen molar-refractivity contribution in [1.29, 1.82) is 0 Å². The van der Waals surface area contributed by atoms with Crippen molar-refractivity contribution in [3.05, 3.63) is 100 Å². The van der Waals surface area contributed by atoms with Gasteiger partial charge in [0.25, 0.3) is 5.56 Å². The van der Waals surface area contributed by atoms with Gasteiger partial charge in [-0.05, 0) is 41.5 Å². The molecule has 1 aliphatic rings. The minimum Gasteiger partial charge on any atom is -0.454 e. The van der Waals surface area contributed by atoms with Crippen LogP contribution in [0.1, 0.15) is 11.1 Å². The molecule has 6 rings (SSSR count). The number of ether oxygens (including phenoxy) is 2. The summed E-state index contributed by atoms with van der Waals surface area (Å²) >= 11 is 0. The molecule has 0 bridgehead atoms. The highest BCUT2D eigenvalue weighted by Gasteiger charge is 2.18. The lowest BCUT2D eigenvalue weighted by molar-refractivity contribution is -0.122. The summed E-state index contributed by atoms with van der Waals surface area (Å²) in [5.74, 6) is 0.645. The van der Waals surface area contributed by atoms with Crippen LogP contribution in [0.15, 0.2) is 77.7 Å². The number of carbonyl (C=O) groups is 1. The third-order valence-electron chi connectivity index (χ3n) is 6.25. The SMILES string of the molecule is O=C(Cn1ncc2c3ccccc3n(Cc3ccc(F)cc3)c2c1=O)NCc1ccc2c(c1)OCO2. The largest absolute Gasteiger partial charge is 0.454 e. The van der Waals surface area contributed by atoms with E-state index < -0.39 is 0 Å². The highest BCUT2D eigenvalue weighted by Crippen LogP contribution is 2.32. The number of nitrogens with one attached hydrogen (secondary N) is 1. The molecule has 0 saturated carbocycles. The molecule has 0 atom stereocenters. The second-order valence-corrected chi connectivity index (χ2v) is 8.56. The molecule has 2 aromatic heterocycles. The summed E-state index contributed by atoms with van der Waals surface area (Å²) in [7, 11) is 0. The zero-order valence-electron chi connectivity index (χ0n) is 19.1. The quantitative estimate of drug-likeness (QED) is 0.398. The standard InChI is InChI=1S/C27H21FN4O4/c28-19-8-5-17(6-9-19)14-31-22-4-2-1-3-20(22)21-13-30-32(27(34)26(21)31)15-25(33)29-12-18-7-10-23-24(11-18)36-16-35-23/h1-11,13H,12,14-16H2,(H,29,33). The number of benzene rings is 3. The predicted octanol–water partition coefficient (Wildman–Crippen LogP) is 3.58. The van der Waals surface area contributed by atoms with Gasteiger partial charge in [-0.15, -0.1) is 0 Å². The topological polar surface area (TPSA) is 87.4 Å². The van der Waals surface area contributed by atoms with E-state index in [1.807, 2.05) is 41.0 Å². The van der Waals surface area contributed by atoms with Crippen molar-refractivity contribution in [3.63, 3.8) is 0 Å². The smallest absolute Gasteiger partial charge is 0.291 e. The number of nitrogens with zero attached hydrogens (tertiary/aromatic N) is 3. The van der Waals surface area contributed by atoms with Crippen LogP contribution in [-0.2, 0) is 24.4 Å². The third kappa shape index (κ3) is 3.94. The van der Waals surface area contributed by atoms with Crippen LogP contribution in [0.4, 0.5) is 4.39 Å². The van der Waals surface area contributed by atoms with Gasteiger partial charge in [-0.1, -0.05) is 36.4 Å². The Balaban J connectivity index is 1.29. The van der Waals surface area contributed by atoms with E-state index in [-0.39, 0.29) is 37.2 Å². The molecule has 0 spiro atoms. The fourth-order valence-corrected chi connectivity index (χ4v) is 4.49. The van der Waals surface area contributed by atoms with E-state index >= 15 is 0 Å². The van der Waals surface area contributed by atoms with Gasteiger partial charge in [0.1, 0.15) is 17.9 Å². The molecule has 1 aliphatic heterocycles. The normalized spacial score (nSPS) is 12.4. The Kier molecular flexibility index (Phi) is 5.37. The lowest BCUT2D eigenvalue weighted by Crippen LogP contribution is -2.33. The van der Waals surface area contributed by atoms with E-state index in [9.17, 15) is 14.0 Å². The number of carbonyl (C=O) groups excluding carboxylic acids is 1. The molecule has 0 aliphatic carbocycles. The van der Waals surface area contributed by atoms with E-state index in [1.165, 1.54) is 12.1 Å². The van der Waals surface area contributed by atoms with E-state index in [0.29, 0.717) is 28.9 Å². The first-order chi connectivity index (χ1) is 17.6. The number of fused-ring (bicyclic) bond motifs is 4. The Labute approximate surface area is 204 Å². The molecule has 0 unspecified atom stereocenters. The summed E-state index contributed by atoms with van der Waals surface area (Å²) in [6, 6.07) is 19.3. The Bertz CT molecular complexity index is 1670. The van der Waals surface area contributed by atoms with Crippen molar-refractivity contribution in [1.82, 2.24) is 19.7 Å². The van der Waals surface area contributed by atoms with Crippen LogP contribution in [0.5, 0.6) is 11.5 Å². The van der Waals surface area contributed by atoms with Gasteiger partial charge >= 0.3 is 0 Å². The average Bonchev–Trinajstić information content (AvgIpc) is 3.49. The molecular weight excluding hydrogens is 463 g/mol. The van der Waals surface area contributed by atoms with Crippen LogP contribution >= 0.6 is 0 Å². The zero-order valence-corrected chi connectivity index (χ0v) is 19.1. The van der Waals surface area contributed by atoms with Gasteiger partial charge in [-0.25, -0.2) is 9.07 Å². The first-order valence-corrected chi connectivity index (χ1v) is 11.4. The van der Waals surface area contributed by atoms with Gasteiger partial charge in [-0.3, -0.25) is 9.59 Å². The van der Waals surface area contributed by atoms with E-state index in [0.717, 1.165) is 26.7 Å². The lowest BCUT2D eigenvalue weighted by Gasteiger charge is -2.10. The number of rotatable bonds is 6. The van der Waals surface area contributed by atoms with Gasteiger partial charge in [0.2, 0.25) is 12.7 Å². The van der Waals surface area contributed by atoms with Crippen LogP contribution in [0, 0.1) is 5.82 Å². The third-order valence-corrected chi connectivity index (χ3v) is 6.25. The van der Waals surface area contributed by atoms with Crippen molar-refractivity contribution in [2.24, 2.45) is 0 Å². The number of hydrogen-bond acceptors (Lipinski definition) is 5. The number of halogens is 1. The minimum absolute atomic E-state index is 0.181. The Morgan fingerprint density at radius 2 is 1.75 bits per heavy atom. The van der Waals surface area contributed by atoms with E-state index in [4.69, 9.17) is 9.47 Å². The number of amides is 1. The lowest BCUT2D eigenvalue weighted by atomic mass is 10.2. The summed E-state index contributed by atoms with van der Waals surface area (Å²) in [4.78, 5) is 26.2. The molecule has 3 heterocycles. The van der Waals surface area contributed by atoms with Gasteiger partial charge < -0.3 is 19.4 Å². The van der Waals surface area contributed by atoms with E-state index in [1.54, 1.807) is 24.4 Å². The van der Waals surface area contributed by atoms with Gasteiger partial charge in [0.15, 0.2) is 11.5 Å². The van der Waals surface area contributed by atoms with Crippen molar-refractivity contribution in [2.45, 2.75) is 19.6 Å². The number of aromatic nitrogens is 3. The summed E-state index contributed by atoms with van der Waals surface area (Å²) in [6.07, 6.45) is 1.62. The van der Waals surface area contributed by atoms with Gasteiger partial charge in [0, 0.05) is 29.4 Å². The molecule has 0 fully saturated rings. The van der Waals surface area contributed by atoms with Crippen molar-refractivity contribution in [2.75, 3.05) is 6.79 Å². The maximum absolute atomic E-state index is 13.5. The van der Waals surface area contributed by atoms with E-state index in [2.05, 4.69) is 10.4 Å². The van der Waals surface area contributed by atoms with Crippen LogP contribution < -0.4 is 20.3 Å². The summed E-state index contributed by atoms with van der Waals surface area (Å²) in [5.41, 5.74) is 2.63. The molecule has 8 nitrogen and oxygen atoms in total. The number of para-hydroxylation sites is 1. The molecule has 0 radical (unpaired) electrons. The monoisotopic (exact) mass is 484 g/mol. The Morgan fingerprint density at radius 1 is 0.972 bits per heavy atom. The predicted molar refractivity (Wildman–Crippen MR) is 131 cm³/mol. The highest BCUT2D eigenvalue weighted by atomic mass is 19.1. The first-order valence-electron chi connectivity index (χ1n) is 11.4. The Morgan fingerprint density at radius 3 is 2.61 bits per heavy atom. The molecule has 0 saturated heterocycles. The second kappa shape index (κ2) is 8.84. The molecule has 1 amide bonds. The summed E-state index contributed by atoms with van der Waals surface area (Å²) in [6.45, 7) is 0.606. The summed E-state index contributed by atoms with van der Waals surface area (Å²) in [5, 5.41) is 8.69. The fourth-order valence-electron chi connectivity index (χ4n) is 4.49. The highest BCUT2D eigenvalue weighted by molar-refractivity contribution is 6.07.